The summed E-state index contributed by atoms with van der Waals surface area (Å²) < 4.78 is 5.62. The first-order chi connectivity index (χ1) is 7.68. The molecule has 0 amide bonds. The van der Waals surface area contributed by atoms with Gasteiger partial charge in [-0.2, -0.15) is 0 Å². The Kier molecular flexibility index (Phi) is 2.11. The number of hydrogen-bond donors (Lipinski definition) is 1. The van der Waals surface area contributed by atoms with E-state index in [2.05, 4.69) is 10.2 Å². The molecule has 4 rings (SSSR count). The van der Waals surface area contributed by atoms with Crippen LogP contribution in [-0.2, 0) is 5.41 Å². The third kappa shape index (κ3) is 1.32. The fourth-order valence-electron chi connectivity index (χ4n) is 3.33. The van der Waals surface area contributed by atoms with Crippen LogP contribution in [0.25, 0.3) is 0 Å². The van der Waals surface area contributed by atoms with Gasteiger partial charge in [0.2, 0.25) is 11.8 Å². The van der Waals surface area contributed by atoms with Gasteiger partial charge >= 0.3 is 0 Å². The van der Waals surface area contributed by atoms with Crippen LogP contribution >= 0.6 is 0 Å². The minimum absolute atomic E-state index is 0.123. The second kappa shape index (κ2) is 3.29. The molecule has 16 heavy (non-hydrogen) atoms. The first-order valence-corrected chi connectivity index (χ1v) is 6.10. The molecular weight excluding hydrogens is 204 g/mol. The highest BCUT2D eigenvalue weighted by molar-refractivity contribution is 5.12. The molecule has 0 spiro atoms. The van der Waals surface area contributed by atoms with E-state index in [1.807, 2.05) is 6.92 Å². The third-order valence-electron chi connectivity index (χ3n) is 4.72. The van der Waals surface area contributed by atoms with Crippen LogP contribution in [0.1, 0.15) is 50.3 Å². The van der Waals surface area contributed by atoms with E-state index in [4.69, 9.17) is 4.42 Å². The smallest absolute Gasteiger partial charge is 0.222 e. The van der Waals surface area contributed by atoms with Gasteiger partial charge in [0.25, 0.3) is 0 Å². The van der Waals surface area contributed by atoms with Gasteiger partial charge in [0, 0.05) is 18.9 Å². The molecule has 1 heterocycles. The van der Waals surface area contributed by atoms with Gasteiger partial charge in [0.1, 0.15) is 0 Å². The summed E-state index contributed by atoms with van der Waals surface area (Å²) in [7, 11) is 0. The van der Waals surface area contributed by atoms with Crippen LogP contribution in [0.5, 0.6) is 0 Å². The minimum atomic E-state index is 0.123. The molecule has 4 nitrogen and oxygen atoms in total. The molecule has 1 N–H and O–H groups in total. The lowest BCUT2D eigenvalue weighted by Crippen LogP contribution is -2.46. The zero-order valence-electron chi connectivity index (χ0n) is 9.70. The Bertz CT molecular complexity index is 375. The quantitative estimate of drug-likeness (QED) is 0.831. The van der Waals surface area contributed by atoms with Crippen LogP contribution in [-0.4, -0.2) is 21.9 Å². The van der Waals surface area contributed by atoms with Crippen LogP contribution in [0.2, 0.25) is 0 Å². The lowest BCUT2D eigenvalue weighted by Gasteiger charge is -2.51. The van der Waals surface area contributed by atoms with E-state index < -0.39 is 0 Å². The monoisotopic (exact) mass is 222 g/mol. The summed E-state index contributed by atoms with van der Waals surface area (Å²) in [5.74, 6) is 1.49. The van der Waals surface area contributed by atoms with Crippen molar-refractivity contribution >= 4 is 0 Å². The summed E-state index contributed by atoms with van der Waals surface area (Å²) in [6.07, 6.45) is 6.58. The fourth-order valence-corrected chi connectivity index (χ4v) is 3.33. The average molecular weight is 222 g/mol. The molecule has 0 unspecified atom stereocenters. The number of nitrogens with zero attached hydrogens (tertiary/aromatic N) is 2. The maximum absolute atomic E-state index is 9.47. The zero-order valence-corrected chi connectivity index (χ0v) is 9.70. The Hall–Kier alpha value is -0.900. The Balaban J connectivity index is 1.88. The van der Waals surface area contributed by atoms with Crippen LogP contribution in [0.15, 0.2) is 4.42 Å². The second-order valence-electron chi connectivity index (χ2n) is 5.56. The molecule has 1 aromatic rings. The standard InChI is InChI=1S/C12H18N2O2/c1-9-13-14-10(16-9)12-5-2-11(8-15,3-6-12)4-7-12/h15H,2-8H2,1H3. The van der Waals surface area contributed by atoms with Gasteiger partial charge < -0.3 is 9.52 Å². The molecule has 0 aliphatic heterocycles. The van der Waals surface area contributed by atoms with Gasteiger partial charge in [-0.25, -0.2) is 0 Å². The van der Waals surface area contributed by atoms with Crippen molar-refractivity contribution in [2.75, 3.05) is 6.61 Å². The molecule has 3 aliphatic rings. The van der Waals surface area contributed by atoms with E-state index >= 15 is 0 Å². The van der Waals surface area contributed by atoms with Crippen molar-refractivity contribution in [3.05, 3.63) is 11.8 Å². The summed E-state index contributed by atoms with van der Waals surface area (Å²) in [5, 5.41) is 17.6. The Morgan fingerprint density at radius 2 is 1.75 bits per heavy atom. The SMILES string of the molecule is Cc1nnc(C23CCC(CO)(CC2)CC3)o1. The fraction of sp³-hybridized carbons (Fsp3) is 0.833. The van der Waals surface area contributed by atoms with E-state index in [0.717, 1.165) is 44.4 Å². The highest BCUT2D eigenvalue weighted by Crippen LogP contribution is 2.57. The highest BCUT2D eigenvalue weighted by atomic mass is 16.4. The molecule has 0 aromatic carbocycles. The van der Waals surface area contributed by atoms with Gasteiger partial charge in [0.15, 0.2) is 0 Å². The van der Waals surface area contributed by atoms with Crippen molar-refractivity contribution < 1.29 is 9.52 Å². The first kappa shape index (κ1) is 10.3. The van der Waals surface area contributed by atoms with E-state index in [1.54, 1.807) is 0 Å². The zero-order chi connectivity index (χ0) is 11.2. The van der Waals surface area contributed by atoms with Crippen molar-refractivity contribution in [3.8, 4) is 0 Å². The Morgan fingerprint density at radius 1 is 1.12 bits per heavy atom. The maximum atomic E-state index is 9.47. The molecule has 0 atom stereocenters. The van der Waals surface area contributed by atoms with E-state index in [0.29, 0.717) is 12.5 Å². The number of aliphatic hydroxyl groups is 1. The maximum Gasteiger partial charge on any atom is 0.222 e. The topological polar surface area (TPSA) is 59.2 Å². The molecule has 3 aliphatic carbocycles. The van der Waals surface area contributed by atoms with Crippen LogP contribution < -0.4 is 0 Å². The van der Waals surface area contributed by atoms with Crippen molar-refractivity contribution in [2.24, 2.45) is 5.41 Å². The van der Waals surface area contributed by atoms with Gasteiger partial charge in [0.05, 0.1) is 0 Å². The predicted octanol–water partition coefficient (Wildman–Crippen LogP) is 1.96. The van der Waals surface area contributed by atoms with Crippen LogP contribution in [0.4, 0.5) is 0 Å². The lowest BCUT2D eigenvalue weighted by molar-refractivity contribution is -0.0160. The first-order valence-electron chi connectivity index (χ1n) is 6.10. The van der Waals surface area contributed by atoms with E-state index in [-0.39, 0.29) is 10.8 Å². The molecule has 0 radical (unpaired) electrons. The molecule has 3 saturated carbocycles. The average Bonchev–Trinajstić information content (AvgIpc) is 2.79. The largest absolute Gasteiger partial charge is 0.425 e. The Labute approximate surface area is 95.1 Å². The summed E-state index contributed by atoms with van der Waals surface area (Å²) in [6, 6.07) is 0. The number of rotatable bonds is 2. The molecule has 1 aromatic heterocycles. The van der Waals surface area contributed by atoms with Gasteiger partial charge in [-0.3, -0.25) is 0 Å². The van der Waals surface area contributed by atoms with Crippen LogP contribution in [0, 0.1) is 12.3 Å². The summed E-state index contributed by atoms with van der Waals surface area (Å²) in [4.78, 5) is 0. The van der Waals surface area contributed by atoms with Crippen molar-refractivity contribution in [1.29, 1.82) is 0 Å². The summed E-state index contributed by atoms with van der Waals surface area (Å²) in [6.45, 7) is 2.18. The molecule has 88 valence electrons. The van der Waals surface area contributed by atoms with Crippen molar-refractivity contribution in [1.82, 2.24) is 10.2 Å². The molecule has 0 saturated heterocycles. The molecule has 3 fully saturated rings. The minimum Gasteiger partial charge on any atom is -0.425 e. The second-order valence-corrected chi connectivity index (χ2v) is 5.56. The molecule has 4 heteroatoms. The van der Waals surface area contributed by atoms with Crippen molar-refractivity contribution in [2.45, 2.75) is 50.9 Å². The number of aliphatic hydroxyl groups excluding tert-OH is 1. The number of aromatic nitrogens is 2. The van der Waals surface area contributed by atoms with Gasteiger partial charge in [-0.05, 0) is 43.9 Å². The van der Waals surface area contributed by atoms with Crippen LogP contribution in [0.3, 0.4) is 0 Å². The number of hydrogen-bond acceptors (Lipinski definition) is 4. The third-order valence-corrected chi connectivity index (χ3v) is 4.72. The summed E-state index contributed by atoms with van der Waals surface area (Å²) >= 11 is 0. The predicted molar refractivity (Wildman–Crippen MR) is 57.9 cm³/mol. The van der Waals surface area contributed by atoms with Gasteiger partial charge in [-0.1, -0.05) is 0 Å². The van der Waals surface area contributed by atoms with E-state index in [9.17, 15) is 5.11 Å². The lowest BCUT2D eigenvalue weighted by atomic mass is 9.54. The van der Waals surface area contributed by atoms with E-state index in [1.165, 1.54) is 0 Å². The van der Waals surface area contributed by atoms with Crippen molar-refractivity contribution in [3.63, 3.8) is 0 Å². The number of aryl methyl sites for hydroxylation is 1. The highest BCUT2D eigenvalue weighted by Gasteiger charge is 2.51. The molecule has 2 bridgehead atoms. The van der Waals surface area contributed by atoms with Gasteiger partial charge in [-0.15, -0.1) is 10.2 Å². The number of fused-ring (bicyclic) bond motifs is 3. The Morgan fingerprint density at radius 3 is 2.19 bits per heavy atom. The summed E-state index contributed by atoms with van der Waals surface area (Å²) in [5.41, 5.74) is 0.328. The normalized spacial score (nSPS) is 37.9. The molecular formula is C12H18N2O2.